The molecule has 2 amide bonds. The fraction of sp³-hybridized carbons (Fsp3) is 0.750. The smallest absolute Gasteiger partial charge is 0.241 e. The number of carbonyl (C=O) groups is 2. The Hall–Kier alpha value is -1.96. The Morgan fingerprint density at radius 2 is 2.00 bits per heavy atom. The first kappa shape index (κ1) is 18.4. The van der Waals surface area contributed by atoms with Gasteiger partial charge in [-0.05, 0) is 7.05 Å². The van der Waals surface area contributed by atoms with Gasteiger partial charge in [-0.3, -0.25) is 14.5 Å². The van der Waals surface area contributed by atoms with Gasteiger partial charge in [0.1, 0.15) is 6.04 Å². The molecule has 0 spiro atoms. The normalized spacial score (nSPS) is 18.9. The van der Waals surface area contributed by atoms with E-state index < -0.39 is 0 Å². The third kappa shape index (κ3) is 4.31. The van der Waals surface area contributed by atoms with Crippen LogP contribution in [0.15, 0.2) is 4.42 Å². The van der Waals surface area contributed by atoms with Crippen molar-refractivity contribution in [2.75, 3.05) is 40.8 Å². The molecule has 0 saturated carbocycles. The molecule has 0 radical (unpaired) electrons. The van der Waals surface area contributed by atoms with E-state index >= 15 is 0 Å². The largest absolute Gasteiger partial charge is 0.425 e. The molecule has 1 aliphatic heterocycles. The zero-order valence-electron chi connectivity index (χ0n) is 15.2. The van der Waals surface area contributed by atoms with E-state index in [1.165, 1.54) is 0 Å². The topological polar surface area (TPSA) is 82.8 Å². The molecule has 1 saturated heterocycles. The van der Waals surface area contributed by atoms with E-state index in [9.17, 15) is 9.59 Å². The third-order valence-electron chi connectivity index (χ3n) is 4.26. The van der Waals surface area contributed by atoms with E-state index in [0.717, 1.165) is 0 Å². The zero-order valence-corrected chi connectivity index (χ0v) is 15.2. The molecule has 1 atom stereocenters. The lowest BCUT2D eigenvalue weighted by Gasteiger charge is -2.39. The van der Waals surface area contributed by atoms with Crippen molar-refractivity contribution in [1.29, 1.82) is 0 Å². The van der Waals surface area contributed by atoms with Crippen molar-refractivity contribution in [3.05, 3.63) is 11.8 Å². The maximum absolute atomic E-state index is 12.4. The number of hydrogen-bond donors (Lipinski definition) is 0. The number of piperazine rings is 1. The van der Waals surface area contributed by atoms with Gasteiger partial charge in [-0.2, -0.15) is 0 Å². The summed E-state index contributed by atoms with van der Waals surface area (Å²) in [5.41, 5.74) is 0. The molecule has 2 rings (SSSR count). The predicted molar refractivity (Wildman–Crippen MR) is 88.4 cm³/mol. The van der Waals surface area contributed by atoms with Crippen LogP contribution >= 0.6 is 0 Å². The monoisotopic (exact) mass is 337 g/mol. The highest BCUT2D eigenvalue weighted by Gasteiger charge is 2.32. The average molecular weight is 337 g/mol. The molecule has 1 fully saturated rings. The number of amides is 2. The summed E-state index contributed by atoms with van der Waals surface area (Å²) in [6.45, 7) is 5.71. The Balaban J connectivity index is 1.90. The van der Waals surface area contributed by atoms with Crippen molar-refractivity contribution in [2.24, 2.45) is 0 Å². The SMILES string of the molecule is CC(C)c1nnc(CCC(=O)N2CCN(C)C(C(=O)N(C)C)C2)o1. The Labute approximate surface area is 142 Å². The maximum Gasteiger partial charge on any atom is 0.241 e. The van der Waals surface area contributed by atoms with Crippen molar-refractivity contribution < 1.29 is 14.0 Å². The van der Waals surface area contributed by atoms with Crippen LogP contribution in [0.5, 0.6) is 0 Å². The van der Waals surface area contributed by atoms with Crippen LogP contribution < -0.4 is 0 Å². The third-order valence-corrected chi connectivity index (χ3v) is 4.26. The van der Waals surface area contributed by atoms with E-state index in [1.54, 1.807) is 23.9 Å². The van der Waals surface area contributed by atoms with Crippen LogP contribution in [-0.2, 0) is 16.0 Å². The summed E-state index contributed by atoms with van der Waals surface area (Å²) >= 11 is 0. The second kappa shape index (κ2) is 7.74. The Morgan fingerprint density at radius 3 is 2.58 bits per heavy atom. The molecule has 0 aromatic carbocycles. The molecule has 24 heavy (non-hydrogen) atoms. The minimum Gasteiger partial charge on any atom is -0.425 e. The lowest BCUT2D eigenvalue weighted by atomic mass is 10.1. The van der Waals surface area contributed by atoms with Crippen LogP contribution in [0.3, 0.4) is 0 Å². The van der Waals surface area contributed by atoms with Crippen molar-refractivity contribution in [3.8, 4) is 0 Å². The molecule has 0 bridgehead atoms. The molecular formula is C16H27N5O3. The van der Waals surface area contributed by atoms with Gasteiger partial charge in [-0.1, -0.05) is 13.8 Å². The molecule has 1 aliphatic rings. The van der Waals surface area contributed by atoms with Gasteiger partial charge in [0.2, 0.25) is 23.6 Å². The highest BCUT2D eigenvalue weighted by Crippen LogP contribution is 2.15. The van der Waals surface area contributed by atoms with Crippen LogP contribution in [0, 0.1) is 0 Å². The minimum atomic E-state index is -0.284. The van der Waals surface area contributed by atoms with Crippen LogP contribution in [0.2, 0.25) is 0 Å². The van der Waals surface area contributed by atoms with Crippen LogP contribution in [0.1, 0.15) is 38.0 Å². The van der Waals surface area contributed by atoms with Gasteiger partial charge >= 0.3 is 0 Å². The first-order valence-corrected chi connectivity index (χ1v) is 8.31. The zero-order chi connectivity index (χ0) is 17.9. The number of aromatic nitrogens is 2. The fourth-order valence-electron chi connectivity index (χ4n) is 2.64. The van der Waals surface area contributed by atoms with Crippen LogP contribution in [-0.4, -0.2) is 83.5 Å². The van der Waals surface area contributed by atoms with Crippen molar-refractivity contribution >= 4 is 11.8 Å². The van der Waals surface area contributed by atoms with Crippen LogP contribution in [0.4, 0.5) is 0 Å². The van der Waals surface area contributed by atoms with Gasteiger partial charge in [0.15, 0.2) is 0 Å². The fourth-order valence-corrected chi connectivity index (χ4v) is 2.64. The lowest BCUT2D eigenvalue weighted by molar-refractivity contribution is -0.141. The predicted octanol–water partition coefficient (Wildman–Crippen LogP) is 0.356. The van der Waals surface area contributed by atoms with Crippen molar-refractivity contribution in [3.63, 3.8) is 0 Å². The molecule has 2 heterocycles. The Kier molecular flexibility index (Phi) is 5.93. The molecule has 8 heteroatoms. The van der Waals surface area contributed by atoms with Gasteiger partial charge in [-0.15, -0.1) is 10.2 Å². The first-order chi connectivity index (χ1) is 11.3. The molecule has 1 aromatic heterocycles. The van der Waals surface area contributed by atoms with Crippen molar-refractivity contribution in [2.45, 2.75) is 38.6 Å². The molecule has 8 nitrogen and oxygen atoms in total. The summed E-state index contributed by atoms with van der Waals surface area (Å²) in [4.78, 5) is 30.0. The number of likely N-dealkylation sites (N-methyl/N-ethyl adjacent to an activating group) is 2. The standard InChI is InChI=1S/C16H27N5O3/c1-11(2)15-18-17-13(24-15)6-7-14(22)21-9-8-20(5)12(10-21)16(23)19(3)4/h11-12H,6-10H2,1-5H3. The molecule has 134 valence electrons. The molecule has 0 aliphatic carbocycles. The number of rotatable bonds is 5. The minimum absolute atomic E-state index is 0.0175. The molecular weight excluding hydrogens is 310 g/mol. The van der Waals surface area contributed by atoms with Gasteiger partial charge in [0.05, 0.1) is 0 Å². The van der Waals surface area contributed by atoms with E-state index in [1.807, 2.05) is 25.8 Å². The number of hydrogen-bond acceptors (Lipinski definition) is 6. The second-order valence-electron chi connectivity index (χ2n) is 6.76. The first-order valence-electron chi connectivity index (χ1n) is 8.31. The highest BCUT2D eigenvalue weighted by molar-refractivity contribution is 5.83. The van der Waals surface area contributed by atoms with Crippen LogP contribution in [0.25, 0.3) is 0 Å². The molecule has 1 unspecified atom stereocenters. The summed E-state index contributed by atoms with van der Waals surface area (Å²) in [6.07, 6.45) is 0.740. The summed E-state index contributed by atoms with van der Waals surface area (Å²) in [5, 5.41) is 7.95. The average Bonchev–Trinajstić information content (AvgIpc) is 3.01. The summed E-state index contributed by atoms with van der Waals surface area (Å²) in [6, 6.07) is -0.284. The van der Waals surface area contributed by atoms with Gasteiger partial charge < -0.3 is 14.2 Å². The van der Waals surface area contributed by atoms with Gasteiger partial charge in [0.25, 0.3) is 0 Å². The summed E-state index contributed by atoms with van der Waals surface area (Å²) in [7, 11) is 5.39. The molecule has 1 aromatic rings. The Morgan fingerprint density at radius 1 is 1.29 bits per heavy atom. The van der Waals surface area contributed by atoms with E-state index in [4.69, 9.17) is 4.42 Å². The maximum atomic E-state index is 12.4. The Bertz CT molecular complexity index is 584. The highest BCUT2D eigenvalue weighted by atomic mass is 16.4. The van der Waals surface area contributed by atoms with E-state index in [0.29, 0.717) is 44.3 Å². The van der Waals surface area contributed by atoms with Gasteiger partial charge in [0, 0.05) is 52.5 Å². The lowest BCUT2D eigenvalue weighted by Crippen LogP contribution is -2.58. The molecule has 0 N–H and O–H groups in total. The van der Waals surface area contributed by atoms with E-state index in [-0.39, 0.29) is 23.8 Å². The quantitative estimate of drug-likeness (QED) is 0.771. The second-order valence-corrected chi connectivity index (χ2v) is 6.76. The van der Waals surface area contributed by atoms with Crippen molar-refractivity contribution in [1.82, 2.24) is 24.9 Å². The summed E-state index contributed by atoms with van der Waals surface area (Å²) < 4.78 is 5.53. The summed E-state index contributed by atoms with van der Waals surface area (Å²) in [5.74, 6) is 1.30. The number of carbonyl (C=O) groups excluding carboxylic acids is 2. The van der Waals surface area contributed by atoms with Gasteiger partial charge in [-0.25, -0.2) is 0 Å². The number of aryl methyl sites for hydroxylation is 1. The van der Waals surface area contributed by atoms with E-state index in [2.05, 4.69) is 10.2 Å². The number of nitrogens with zero attached hydrogens (tertiary/aromatic N) is 5.